The van der Waals surface area contributed by atoms with Crippen molar-refractivity contribution < 1.29 is 9.72 Å². The Hall–Kier alpha value is -3.05. The molecule has 13 heteroatoms. The fourth-order valence-electron chi connectivity index (χ4n) is 3.05. The first-order valence-electron chi connectivity index (χ1n) is 9.31. The Morgan fingerprint density at radius 1 is 1.15 bits per heavy atom. The van der Waals surface area contributed by atoms with Gasteiger partial charge in [0.1, 0.15) is 5.82 Å². The highest BCUT2D eigenvalue weighted by Crippen LogP contribution is 2.32. The quantitative estimate of drug-likeness (QED) is 0.230. The van der Waals surface area contributed by atoms with Crippen LogP contribution in [0.2, 0.25) is 15.1 Å². The van der Waals surface area contributed by atoms with Gasteiger partial charge in [0.25, 0.3) is 11.2 Å². The lowest BCUT2D eigenvalue weighted by atomic mass is 10.2. The van der Waals surface area contributed by atoms with Crippen molar-refractivity contribution in [3.63, 3.8) is 0 Å². The standard InChI is InChI=1S/C20H12Cl3N5O4S/c21-11-8-13(23)14(9-12(11)22)24-18(29)6-5-17-25-26-20-27(17)19(30)16(33-20)7-10-3-1-2-4-15(10)28(31)32/h1-4,7-9H,5-6H2,(H,24,29)/b16-7+. The number of halogens is 3. The second-order valence-electron chi connectivity index (χ2n) is 6.76. The summed E-state index contributed by atoms with van der Waals surface area (Å²) in [5.74, 6) is -0.0785. The Morgan fingerprint density at radius 3 is 2.64 bits per heavy atom. The highest BCUT2D eigenvalue weighted by atomic mass is 35.5. The molecule has 0 unspecified atom stereocenters. The normalized spacial score (nSPS) is 11.8. The largest absolute Gasteiger partial charge is 0.325 e. The highest BCUT2D eigenvalue weighted by molar-refractivity contribution is 7.15. The Kier molecular flexibility index (Phi) is 6.61. The third kappa shape index (κ3) is 4.83. The van der Waals surface area contributed by atoms with E-state index in [0.717, 1.165) is 11.3 Å². The first kappa shape index (κ1) is 23.1. The SMILES string of the molecule is O=C(CCc1nnc2s/c(=C/c3ccccc3[N+](=O)[O-])c(=O)n12)Nc1cc(Cl)c(Cl)cc1Cl. The van der Waals surface area contributed by atoms with Gasteiger partial charge in [0, 0.05) is 18.9 Å². The molecule has 0 aliphatic heterocycles. The Balaban J connectivity index is 1.57. The van der Waals surface area contributed by atoms with Gasteiger partial charge in [-0.25, -0.2) is 4.40 Å². The number of nitro benzene ring substituents is 1. The fraction of sp³-hybridized carbons (Fsp3) is 0.100. The van der Waals surface area contributed by atoms with E-state index in [1.54, 1.807) is 18.2 Å². The molecule has 0 bridgehead atoms. The number of carbonyl (C=O) groups excluding carboxylic acids is 1. The van der Waals surface area contributed by atoms with Crippen LogP contribution in [0, 0.1) is 10.1 Å². The molecule has 2 aromatic carbocycles. The third-order valence-electron chi connectivity index (χ3n) is 4.60. The van der Waals surface area contributed by atoms with E-state index in [-0.39, 0.29) is 44.0 Å². The lowest BCUT2D eigenvalue weighted by Gasteiger charge is -2.08. The summed E-state index contributed by atoms with van der Waals surface area (Å²) in [6.45, 7) is 0. The molecular formula is C20H12Cl3N5O4S. The van der Waals surface area contributed by atoms with Crippen molar-refractivity contribution in [1.82, 2.24) is 14.6 Å². The second kappa shape index (κ2) is 9.44. The molecule has 1 amide bonds. The number of hydrogen-bond acceptors (Lipinski definition) is 7. The molecule has 0 spiro atoms. The maximum absolute atomic E-state index is 12.9. The summed E-state index contributed by atoms with van der Waals surface area (Å²) in [6, 6.07) is 8.98. The zero-order valence-electron chi connectivity index (χ0n) is 16.4. The molecule has 4 rings (SSSR count). The van der Waals surface area contributed by atoms with Gasteiger partial charge >= 0.3 is 0 Å². The van der Waals surface area contributed by atoms with Crippen LogP contribution in [-0.4, -0.2) is 25.4 Å². The summed E-state index contributed by atoms with van der Waals surface area (Å²) in [5, 5.41) is 22.6. The van der Waals surface area contributed by atoms with E-state index < -0.39 is 10.5 Å². The number of benzene rings is 2. The Bertz CT molecular complexity index is 1520. The molecule has 0 aliphatic carbocycles. The molecule has 33 heavy (non-hydrogen) atoms. The first-order valence-corrected chi connectivity index (χ1v) is 11.3. The molecule has 0 saturated carbocycles. The van der Waals surface area contributed by atoms with Gasteiger partial charge in [-0.1, -0.05) is 58.3 Å². The predicted molar refractivity (Wildman–Crippen MR) is 127 cm³/mol. The van der Waals surface area contributed by atoms with Crippen LogP contribution in [0.15, 0.2) is 41.2 Å². The molecule has 0 saturated heterocycles. The number of anilines is 1. The van der Waals surface area contributed by atoms with Gasteiger partial charge in [-0.15, -0.1) is 10.2 Å². The Morgan fingerprint density at radius 2 is 1.88 bits per heavy atom. The van der Waals surface area contributed by atoms with Crippen LogP contribution in [-0.2, 0) is 11.2 Å². The van der Waals surface area contributed by atoms with Gasteiger partial charge in [-0.05, 0) is 24.3 Å². The molecule has 1 N–H and O–H groups in total. The van der Waals surface area contributed by atoms with Crippen LogP contribution in [0.4, 0.5) is 11.4 Å². The number of rotatable bonds is 6. The lowest BCUT2D eigenvalue weighted by Crippen LogP contribution is -2.25. The van der Waals surface area contributed by atoms with Crippen LogP contribution < -0.4 is 15.4 Å². The molecule has 0 radical (unpaired) electrons. The van der Waals surface area contributed by atoms with Crippen molar-refractivity contribution in [2.75, 3.05) is 5.32 Å². The summed E-state index contributed by atoms with van der Waals surface area (Å²) in [4.78, 5) is 36.3. The van der Waals surface area contributed by atoms with Gasteiger partial charge in [-0.2, -0.15) is 0 Å². The lowest BCUT2D eigenvalue weighted by molar-refractivity contribution is -0.385. The molecular weight excluding hydrogens is 513 g/mol. The topological polar surface area (TPSA) is 120 Å². The number of para-hydroxylation sites is 1. The predicted octanol–water partition coefficient (Wildman–Crippen LogP) is 4.14. The van der Waals surface area contributed by atoms with Crippen molar-refractivity contribution in [2.24, 2.45) is 0 Å². The molecule has 168 valence electrons. The Labute approximate surface area is 204 Å². The van der Waals surface area contributed by atoms with E-state index in [1.807, 2.05) is 0 Å². The molecule has 2 aromatic heterocycles. The van der Waals surface area contributed by atoms with Gasteiger partial charge in [-0.3, -0.25) is 19.7 Å². The summed E-state index contributed by atoms with van der Waals surface area (Å²) < 4.78 is 1.56. The van der Waals surface area contributed by atoms with E-state index in [4.69, 9.17) is 34.8 Å². The molecule has 0 fully saturated rings. The summed E-state index contributed by atoms with van der Waals surface area (Å²) in [6.07, 6.45) is 1.57. The molecule has 4 aromatic rings. The van der Waals surface area contributed by atoms with Crippen molar-refractivity contribution >= 4 is 74.5 Å². The van der Waals surface area contributed by atoms with Crippen molar-refractivity contribution in [3.05, 3.63) is 87.9 Å². The summed E-state index contributed by atoms with van der Waals surface area (Å²) in [5.41, 5.74) is 0.0837. The minimum atomic E-state index is -0.513. The number of aryl methyl sites for hydroxylation is 1. The zero-order chi connectivity index (χ0) is 23.7. The molecule has 0 atom stereocenters. The molecule has 2 heterocycles. The van der Waals surface area contributed by atoms with Crippen LogP contribution in [0.5, 0.6) is 0 Å². The highest BCUT2D eigenvalue weighted by Gasteiger charge is 2.16. The first-order chi connectivity index (χ1) is 15.7. The van der Waals surface area contributed by atoms with E-state index in [1.165, 1.54) is 28.7 Å². The average Bonchev–Trinajstić information content (AvgIpc) is 3.31. The number of hydrogen-bond donors (Lipinski definition) is 1. The maximum Gasteiger partial charge on any atom is 0.276 e. The van der Waals surface area contributed by atoms with E-state index in [9.17, 15) is 19.7 Å². The number of fused-ring (bicyclic) bond motifs is 1. The summed E-state index contributed by atoms with van der Waals surface area (Å²) in [7, 11) is 0. The number of aromatic nitrogens is 3. The van der Waals surface area contributed by atoms with E-state index in [2.05, 4.69) is 15.5 Å². The van der Waals surface area contributed by atoms with Crippen LogP contribution in [0.3, 0.4) is 0 Å². The van der Waals surface area contributed by atoms with Gasteiger partial charge < -0.3 is 5.32 Å². The van der Waals surface area contributed by atoms with Crippen LogP contribution in [0.25, 0.3) is 11.0 Å². The number of nitrogens with one attached hydrogen (secondary N) is 1. The van der Waals surface area contributed by atoms with Crippen LogP contribution in [0.1, 0.15) is 17.8 Å². The molecule has 0 aliphatic rings. The van der Waals surface area contributed by atoms with Crippen molar-refractivity contribution in [2.45, 2.75) is 12.8 Å². The van der Waals surface area contributed by atoms with Crippen LogP contribution >= 0.6 is 46.1 Å². The zero-order valence-corrected chi connectivity index (χ0v) is 19.5. The number of nitrogens with zero attached hydrogens (tertiary/aromatic N) is 4. The number of amides is 1. The third-order valence-corrected chi connectivity index (χ3v) is 6.59. The fourth-order valence-corrected chi connectivity index (χ4v) is 4.57. The maximum atomic E-state index is 12.9. The van der Waals surface area contributed by atoms with Gasteiger partial charge in [0.15, 0.2) is 0 Å². The van der Waals surface area contributed by atoms with E-state index in [0.29, 0.717) is 22.0 Å². The monoisotopic (exact) mass is 523 g/mol. The number of carbonyl (C=O) groups is 1. The minimum Gasteiger partial charge on any atom is -0.325 e. The van der Waals surface area contributed by atoms with Gasteiger partial charge in [0.2, 0.25) is 10.9 Å². The average molecular weight is 525 g/mol. The van der Waals surface area contributed by atoms with Crippen molar-refractivity contribution in [3.8, 4) is 0 Å². The van der Waals surface area contributed by atoms with Gasteiger partial charge in [0.05, 0.1) is 35.8 Å². The second-order valence-corrected chi connectivity index (χ2v) is 8.99. The minimum absolute atomic E-state index is 0.00411. The smallest absolute Gasteiger partial charge is 0.276 e. The molecule has 9 nitrogen and oxygen atoms in total. The number of thiazole rings is 1. The summed E-state index contributed by atoms with van der Waals surface area (Å²) >= 11 is 19.0. The van der Waals surface area contributed by atoms with E-state index >= 15 is 0 Å². The number of nitro groups is 1. The van der Waals surface area contributed by atoms with Crippen molar-refractivity contribution in [1.29, 1.82) is 0 Å².